The van der Waals surface area contributed by atoms with Gasteiger partial charge in [-0.1, -0.05) is 6.42 Å². The molecule has 0 N–H and O–H groups in total. The summed E-state index contributed by atoms with van der Waals surface area (Å²) in [7, 11) is 0. The van der Waals surface area contributed by atoms with Crippen molar-refractivity contribution in [1.82, 2.24) is 9.80 Å². The van der Waals surface area contributed by atoms with Crippen LogP contribution in [0.2, 0.25) is 0 Å². The van der Waals surface area contributed by atoms with Crippen molar-refractivity contribution in [2.24, 2.45) is 17.3 Å². The molecule has 0 radical (unpaired) electrons. The first-order valence-corrected chi connectivity index (χ1v) is 8.90. The summed E-state index contributed by atoms with van der Waals surface area (Å²) in [6.45, 7) is 13.9. The molecule has 0 spiro atoms. The van der Waals surface area contributed by atoms with Gasteiger partial charge < -0.3 is 4.90 Å². The van der Waals surface area contributed by atoms with E-state index in [0.717, 1.165) is 23.9 Å². The Bertz CT molecular complexity index is 387. The van der Waals surface area contributed by atoms with E-state index in [1.54, 1.807) is 0 Å². The first-order valence-electron chi connectivity index (χ1n) is 8.90. The van der Waals surface area contributed by atoms with E-state index in [0.29, 0.717) is 11.0 Å². The molecule has 0 aromatic rings. The molecular formula is C18H32N2. The number of hydrogen-bond acceptors (Lipinski definition) is 2. The van der Waals surface area contributed by atoms with Crippen LogP contribution in [-0.4, -0.2) is 47.1 Å². The highest BCUT2D eigenvalue weighted by Crippen LogP contribution is 2.62. The molecule has 2 saturated heterocycles. The number of nitrogens with zero attached hydrogens (tertiary/aromatic N) is 2. The molecule has 4 fully saturated rings. The number of hydrogen-bond donors (Lipinski definition) is 0. The third kappa shape index (κ3) is 1.98. The van der Waals surface area contributed by atoms with Crippen LogP contribution in [0.15, 0.2) is 0 Å². The molecular weight excluding hydrogens is 244 g/mol. The second kappa shape index (κ2) is 4.23. The molecule has 2 heterocycles. The number of likely N-dealkylation sites (tertiary alicyclic amines) is 2. The van der Waals surface area contributed by atoms with E-state index in [9.17, 15) is 0 Å². The van der Waals surface area contributed by atoms with Crippen molar-refractivity contribution >= 4 is 0 Å². The van der Waals surface area contributed by atoms with Crippen LogP contribution in [0.3, 0.4) is 0 Å². The molecule has 114 valence electrons. The van der Waals surface area contributed by atoms with Gasteiger partial charge in [-0.05, 0) is 65.2 Å². The minimum atomic E-state index is 0.351. The molecule has 4 unspecified atom stereocenters. The minimum absolute atomic E-state index is 0.351. The second-order valence-electron chi connectivity index (χ2n) is 9.36. The van der Waals surface area contributed by atoms with Crippen LogP contribution in [-0.2, 0) is 0 Å². The summed E-state index contributed by atoms with van der Waals surface area (Å²) in [6.07, 6.45) is 7.46. The van der Waals surface area contributed by atoms with Gasteiger partial charge in [-0.2, -0.15) is 0 Å². The molecule has 0 bridgehead atoms. The van der Waals surface area contributed by atoms with Gasteiger partial charge in [-0.25, -0.2) is 0 Å². The van der Waals surface area contributed by atoms with Gasteiger partial charge in [0.05, 0.1) is 0 Å². The highest BCUT2D eigenvalue weighted by atomic mass is 15.3. The molecule has 2 nitrogen and oxygen atoms in total. The lowest BCUT2D eigenvalue weighted by Crippen LogP contribution is -2.45. The van der Waals surface area contributed by atoms with Crippen LogP contribution in [0, 0.1) is 17.3 Å². The maximum Gasteiger partial charge on any atom is 0.0179 e. The summed E-state index contributed by atoms with van der Waals surface area (Å²) >= 11 is 0. The Morgan fingerprint density at radius 3 is 2.25 bits per heavy atom. The van der Waals surface area contributed by atoms with Crippen LogP contribution < -0.4 is 0 Å². The highest BCUT2D eigenvalue weighted by Gasteiger charge is 2.65. The summed E-state index contributed by atoms with van der Waals surface area (Å²) in [5, 5.41) is 0. The van der Waals surface area contributed by atoms with Crippen molar-refractivity contribution in [2.75, 3.05) is 19.6 Å². The summed E-state index contributed by atoms with van der Waals surface area (Å²) in [6, 6.07) is 1.67. The smallest absolute Gasteiger partial charge is 0.0179 e. The van der Waals surface area contributed by atoms with Gasteiger partial charge in [-0.15, -0.1) is 0 Å². The van der Waals surface area contributed by atoms with Gasteiger partial charge in [0, 0.05) is 42.7 Å². The predicted molar refractivity (Wildman–Crippen MR) is 83.8 cm³/mol. The van der Waals surface area contributed by atoms with E-state index < -0.39 is 0 Å². The van der Waals surface area contributed by atoms with E-state index in [2.05, 4.69) is 37.5 Å². The molecule has 2 heteroatoms. The second-order valence-corrected chi connectivity index (χ2v) is 9.36. The Hall–Kier alpha value is -0.0800. The Labute approximate surface area is 124 Å². The van der Waals surface area contributed by atoms with Crippen molar-refractivity contribution in [2.45, 2.75) is 77.4 Å². The number of fused-ring (bicyclic) bond motifs is 2. The van der Waals surface area contributed by atoms with Crippen LogP contribution in [0.1, 0.15) is 59.8 Å². The zero-order valence-electron chi connectivity index (χ0n) is 13.9. The molecule has 5 atom stereocenters. The molecule has 2 aliphatic carbocycles. The fraction of sp³-hybridized carbons (Fsp3) is 1.00. The monoisotopic (exact) mass is 276 g/mol. The molecule has 4 aliphatic rings. The number of piperidine rings is 1. The minimum Gasteiger partial charge on any atom is -0.302 e. The average molecular weight is 276 g/mol. The van der Waals surface area contributed by atoms with Gasteiger partial charge in [0.1, 0.15) is 0 Å². The van der Waals surface area contributed by atoms with Gasteiger partial charge >= 0.3 is 0 Å². The van der Waals surface area contributed by atoms with Crippen LogP contribution in [0.25, 0.3) is 0 Å². The van der Waals surface area contributed by atoms with Crippen LogP contribution >= 0.6 is 0 Å². The fourth-order valence-corrected chi connectivity index (χ4v) is 6.20. The maximum absolute atomic E-state index is 2.84. The van der Waals surface area contributed by atoms with Gasteiger partial charge in [0.15, 0.2) is 0 Å². The molecule has 4 rings (SSSR count). The maximum atomic E-state index is 2.84. The first kappa shape index (κ1) is 13.6. The van der Waals surface area contributed by atoms with E-state index in [4.69, 9.17) is 0 Å². The predicted octanol–water partition coefficient (Wildman–Crippen LogP) is 3.37. The Morgan fingerprint density at radius 2 is 1.70 bits per heavy atom. The lowest BCUT2D eigenvalue weighted by atomic mass is 9.99. The molecule has 0 amide bonds. The Balaban J connectivity index is 1.42. The third-order valence-electron chi connectivity index (χ3n) is 6.77. The van der Waals surface area contributed by atoms with E-state index in [-0.39, 0.29) is 0 Å². The molecule has 2 aliphatic heterocycles. The van der Waals surface area contributed by atoms with E-state index >= 15 is 0 Å². The van der Waals surface area contributed by atoms with E-state index in [1.165, 1.54) is 51.7 Å². The summed E-state index contributed by atoms with van der Waals surface area (Å²) in [4.78, 5) is 5.66. The summed E-state index contributed by atoms with van der Waals surface area (Å²) in [5.41, 5.74) is 1.02. The van der Waals surface area contributed by atoms with Crippen molar-refractivity contribution in [1.29, 1.82) is 0 Å². The van der Waals surface area contributed by atoms with Gasteiger partial charge in [0.2, 0.25) is 0 Å². The van der Waals surface area contributed by atoms with E-state index in [1.807, 2.05) is 0 Å². The standard InChI is InChI=1S/C18H32N2/c1-13-8-18(9-16(18)20(13)17(2,3)4)12-19-10-14-6-5-7-15(14)11-19/h13-16H,5-12H2,1-4H3/t13-,14?,15?,16?,18?/m1/s1. The third-order valence-corrected chi connectivity index (χ3v) is 6.77. The van der Waals surface area contributed by atoms with Gasteiger partial charge in [-0.3, -0.25) is 4.90 Å². The van der Waals surface area contributed by atoms with Crippen molar-refractivity contribution in [3.63, 3.8) is 0 Å². The largest absolute Gasteiger partial charge is 0.302 e. The quantitative estimate of drug-likeness (QED) is 0.763. The Kier molecular flexibility index (Phi) is 2.87. The van der Waals surface area contributed by atoms with Crippen LogP contribution in [0.5, 0.6) is 0 Å². The molecule has 2 saturated carbocycles. The lowest BCUT2D eigenvalue weighted by Gasteiger charge is -2.37. The lowest BCUT2D eigenvalue weighted by molar-refractivity contribution is 0.104. The first-order chi connectivity index (χ1) is 9.39. The zero-order valence-corrected chi connectivity index (χ0v) is 13.9. The number of rotatable bonds is 2. The van der Waals surface area contributed by atoms with Crippen molar-refractivity contribution in [3.05, 3.63) is 0 Å². The summed E-state index contributed by atoms with van der Waals surface area (Å²) in [5.74, 6) is 2.11. The topological polar surface area (TPSA) is 6.48 Å². The fourth-order valence-electron chi connectivity index (χ4n) is 6.20. The zero-order chi connectivity index (χ0) is 14.1. The Morgan fingerprint density at radius 1 is 1.05 bits per heavy atom. The molecule has 0 aromatic carbocycles. The van der Waals surface area contributed by atoms with Crippen molar-refractivity contribution < 1.29 is 0 Å². The summed E-state index contributed by atoms with van der Waals surface area (Å²) < 4.78 is 0. The molecule has 20 heavy (non-hydrogen) atoms. The SMILES string of the molecule is C[C@@H]1CC2(CN3CC4CCCC4C3)CC2N1C(C)(C)C. The molecule has 0 aromatic heterocycles. The van der Waals surface area contributed by atoms with Crippen LogP contribution in [0.4, 0.5) is 0 Å². The van der Waals surface area contributed by atoms with Gasteiger partial charge in [0.25, 0.3) is 0 Å². The highest BCUT2D eigenvalue weighted by molar-refractivity contribution is 5.19. The average Bonchev–Trinajstić information content (AvgIpc) is 2.63. The van der Waals surface area contributed by atoms with Crippen molar-refractivity contribution in [3.8, 4) is 0 Å². The normalized spacial score (nSPS) is 48.6.